The lowest BCUT2D eigenvalue weighted by Gasteiger charge is -2.29. The van der Waals surface area contributed by atoms with Crippen LogP contribution in [-0.2, 0) is 0 Å². The molecule has 5 nitrogen and oxygen atoms in total. The molecule has 14 aromatic carbocycles. The maximum Gasteiger partial charge on any atom is 0.159 e. The van der Waals surface area contributed by atoms with E-state index in [2.05, 4.69) is 277 Å². The van der Waals surface area contributed by atoms with E-state index in [1.54, 1.807) is 0 Å². The Hall–Kier alpha value is -11.0. The van der Waals surface area contributed by atoms with E-state index in [0.29, 0.717) is 0 Å². The zero-order chi connectivity index (χ0) is 56.8. The number of rotatable bonds is 8. The fraction of sp³-hybridized carbons (Fsp3) is 0. The minimum absolute atomic E-state index is 0.828. The van der Waals surface area contributed by atoms with Gasteiger partial charge in [0.15, 0.2) is 11.2 Å². The lowest BCUT2D eigenvalue weighted by molar-refractivity contribution is 0.669. The van der Waals surface area contributed by atoms with Gasteiger partial charge in [-0.25, -0.2) is 0 Å². The van der Waals surface area contributed by atoms with E-state index in [1.165, 1.54) is 40.3 Å². The molecule has 0 aliphatic heterocycles. The zero-order valence-corrected chi connectivity index (χ0v) is 48.1. The SMILES string of the molecule is c1ccc(-c2ccc3sc4ccccc4c3c2N(c2ccc3cc4c(cc3c2)oc2cc3cc(N(c5cccc6c5oc5ccccc56)c5c(-c6ccccc6)ccc6sc7ccccc7c56)ccc3cc24)c2cccc3c2oc2ccccc23)cc1. The Balaban J connectivity index is 0.817. The van der Waals surface area contributed by atoms with Crippen molar-refractivity contribution in [1.82, 2.24) is 0 Å². The maximum atomic E-state index is 7.08. The molecule has 0 N–H and O–H groups in total. The minimum atomic E-state index is 0.828. The van der Waals surface area contributed by atoms with Gasteiger partial charge < -0.3 is 23.1 Å². The van der Waals surface area contributed by atoms with Gasteiger partial charge in [0.05, 0.1) is 22.7 Å². The van der Waals surface area contributed by atoms with Gasteiger partial charge in [0.1, 0.15) is 22.3 Å². The first-order chi connectivity index (χ1) is 43.1. The number of hydrogen-bond acceptors (Lipinski definition) is 7. The van der Waals surface area contributed by atoms with Crippen LogP contribution in [0.5, 0.6) is 0 Å². The van der Waals surface area contributed by atoms with Gasteiger partial charge in [0.2, 0.25) is 0 Å². The molecule has 0 aliphatic carbocycles. The third-order valence-corrected chi connectivity index (χ3v) is 20.0. The quantitative estimate of drug-likeness (QED) is 0.152. The first kappa shape index (κ1) is 48.4. The van der Waals surface area contributed by atoms with Gasteiger partial charge in [-0.1, -0.05) is 182 Å². The maximum absolute atomic E-state index is 7.08. The highest BCUT2D eigenvalue weighted by molar-refractivity contribution is 7.26. The second-order valence-electron chi connectivity index (χ2n) is 22.6. The van der Waals surface area contributed by atoms with Crippen LogP contribution in [0.2, 0.25) is 0 Å². The number of furan rings is 3. The summed E-state index contributed by atoms with van der Waals surface area (Å²) in [5.74, 6) is 0. The summed E-state index contributed by atoms with van der Waals surface area (Å²) < 4.78 is 25.9. The molecule has 0 atom stereocenters. The molecule has 0 amide bonds. The summed E-state index contributed by atoms with van der Waals surface area (Å²) in [5.41, 5.74) is 15.7. The number of para-hydroxylation sites is 4. The van der Waals surface area contributed by atoms with Crippen LogP contribution in [0.15, 0.2) is 292 Å². The molecule has 0 spiro atoms. The van der Waals surface area contributed by atoms with E-state index in [0.717, 1.165) is 144 Å². The van der Waals surface area contributed by atoms with E-state index >= 15 is 0 Å². The standard InChI is InChI=1S/C80H46N2O3S2/c1-3-17-47(18-4-1)55-37-39-73-75(61-23-9-13-31-71(61)86-73)77(55)81(65-27-15-25-59-57-21-7-11-29-67(57)84-79(59)65)53-35-33-49-43-63-64-44-50-34-36-54(42-52(50)46-70(64)83-69(63)45-51(49)41-53)82(66-28-16-26-60-58-22-8-12-30-68(58)85-80(60)66)78-56(48-19-5-2-6-20-48)38-40-74-76(78)62-24-10-14-32-72(62)87-74/h1-46H. The normalized spacial score (nSPS) is 12.1. The number of anilines is 6. The molecule has 5 heterocycles. The summed E-state index contributed by atoms with van der Waals surface area (Å²) in [6.45, 7) is 0. The summed E-state index contributed by atoms with van der Waals surface area (Å²) in [6.07, 6.45) is 0. The Kier molecular flexibility index (Phi) is 10.4. The summed E-state index contributed by atoms with van der Waals surface area (Å²) in [5, 5.41) is 15.7. The van der Waals surface area contributed by atoms with Crippen molar-refractivity contribution in [2.24, 2.45) is 0 Å². The molecule has 5 aromatic heterocycles. The Morgan fingerprint density at radius 3 is 1.14 bits per heavy atom. The Labute approximate surface area is 505 Å². The summed E-state index contributed by atoms with van der Waals surface area (Å²) in [4.78, 5) is 4.90. The summed E-state index contributed by atoms with van der Waals surface area (Å²) in [6, 6.07) is 101. The molecule has 0 unspecified atom stereocenters. The number of thiophene rings is 2. The molecular weight excluding hydrogens is 1100 g/mol. The largest absolute Gasteiger partial charge is 0.456 e. The van der Waals surface area contributed by atoms with Crippen molar-refractivity contribution in [2.75, 3.05) is 9.80 Å². The summed E-state index contributed by atoms with van der Waals surface area (Å²) in [7, 11) is 0. The second-order valence-corrected chi connectivity index (χ2v) is 24.8. The smallest absolute Gasteiger partial charge is 0.159 e. The number of benzene rings is 14. The second kappa shape index (κ2) is 18.8. The molecule has 19 aromatic rings. The van der Waals surface area contributed by atoms with Crippen molar-refractivity contribution in [3.05, 3.63) is 279 Å². The summed E-state index contributed by atoms with van der Waals surface area (Å²) >= 11 is 3.67. The van der Waals surface area contributed by atoms with Crippen LogP contribution < -0.4 is 9.80 Å². The molecule has 0 bridgehead atoms. The Morgan fingerprint density at radius 2 is 0.667 bits per heavy atom. The molecule has 406 valence electrons. The van der Waals surface area contributed by atoms with Gasteiger partial charge in [0.25, 0.3) is 0 Å². The van der Waals surface area contributed by atoms with E-state index in [9.17, 15) is 0 Å². The van der Waals surface area contributed by atoms with Crippen molar-refractivity contribution >= 4 is 185 Å². The van der Waals surface area contributed by atoms with Gasteiger partial charge in [-0.2, -0.15) is 0 Å². The molecule has 0 saturated carbocycles. The third-order valence-electron chi connectivity index (χ3n) is 17.8. The van der Waals surface area contributed by atoms with Gasteiger partial charge in [0, 0.05) is 95.2 Å². The molecule has 7 heteroatoms. The van der Waals surface area contributed by atoms with E-state index in [-0.39, 0.29) is 0 Å². The first-order valence-electron chi connectivity index (χ1n) is 29.4. The van der Waals surface area contributed by atoms with Crippen LogP contribution in [0.3, 0.4) is 0 Å². The van der Waals surface area contributed by atoms with Crippen LogP contribution in [0.4, 0.5) is 34.1 Å². The van der Waals surface area contributed by atoms with Crippen molar-refractivity contribution in [1.29, 1.82) is 0 Å². The molecule has 0 radical (unpaired) electrons. The van der Waals surface area contributed by atoms with Gasteiger partial charge in [-0.05, 0) is 130 Å². The average molecular weight is 1150 g/mol. The zero-order valence-electron chi connectivity index (χ0n) is 46.5. The molecular formula is C80H46N2O3S2. The number of hydrogen-bond donors (Lipinski definition) is 0. The van der Waals surface area contributed by atoms with Crippen molar-refractivity contribution in [3.63, 3.8) is 0 Å². The van der Waals surface area contributed by atoms with Crippen LogP contribution in [-0.4, -0.2) is 0 Å². The van der Waals surface area contributed by atoms with Crippen molar-refractivity contribution < 1.29 is 13.3 Å². The number of nitrogens with zero attached hydrogens (tertiary/aromatic N) is 2. The Morgan fingerprint density at radius 1 is 0.253 bits per heavy atom. The Bertz CT molecular complexity index is 5680. The predicted octanol–water partition coefficient (Wildman–Crippen LogP) is 24.7. The third kappa shape index (κ3) is 7.37. The molecule has 0 fully saturated rings. The average Bonchev–Trinajstić information content (AvgIpc) is 1.91. The van der Waals surface area contributed by atoms with E-state index in [4.69, 9.17) is 13.3 Å². The molecule has 0 aliphatic rings. The van der Waals surface area contributed by atoms with Gasteiger partial charge in [-0.3, -0.25) is 0 Å². The van der Waals surface area contributed by atoms with Crippen LogP contribution in [0.1, 0.15) is 0 Å². The molecule has 0 saturated heterocycles. The highest BCUT2D eigenvalue weighted by Gasteiger charge is 2.29. The lowest BCUT2D eigenvalue weighted by atomic mass is 9.97. The van der Waals surface area contributed by atoms with Crippen LogP contribution >= 0.6 is 22.7 Å². The number of fused-ring (bicyclic) bond motifs is 17. The van der Waals surface area contributed by atoms with Crippen LogP contribution in [0, 0.1) is 0 Å². The van der Waals surface area contributed by atoms with Gasteiger partial charge in [-0.15, -0.1) is 22.7 Å². The predicted molar refractivity (Wildman–Crippen MR) is 369 cm³/mol. The fourth-order valence-corrected chi connectivity index (χ4v) is 16.1. The molecule has 87 heavy (non-hydrogen) atoms. The fourth-order valence-electron chi connectivity index (χ4n) is 13.9. The highest BCUT2D eigenvalue weighted by atomic mass is 32.1. The van der Waals surface area contributed by atoms with E-state index < -0.39 is 0 Å². The van der Waals surface area contributed by atoms with Crippen molar-refractivity contribution in [3.8, 4) is 22.3 Å². The minimum Gasteiger partial charge on any atom is -0.456 e. The topological polar surface area (TPSA) is 45.9 Å². The van der Waals surface area contributed by atoms with Crippen LogP contribution in [0.25, 0.3) is 150 Å². The monoisotopic (exact) mass is 1150 g/mol. The van der Waals surface area contributed by atoms with Gasteiger partial charge >= 0.3 is 0 Å². The molecule has 19 rings (SSSR count). The van der Waals surface area contributed by atoms with Crippen molar-refractivity contribution in [2.45, 2.75) is 0 Å². The van der Waals surface area contributed by atoms with E-state index in [1.807, 2.05) is 34.8 Å². The first-order valence-corrected chi connectivity index (χ1v) is 31.0. The lowest BCUT2D eigenvalue weighted by Crippen LogP contribution is -2.12. The highest BCUT2D eigenvalue weighted by Crippen LogP contribution is 2.55.